The summed E-state index contributed by atoms with van der Waals surface area (Å²) in [4.78, 5) is 13.1. The van der Waals surface area contributed by atoms with Crippen LogP contribution in [0.1, 0.15) is 335 Å². The highest BCUT2D eigenvalue weighted by Crippen LogP contribution is 2.24. The van der Waals surface area contributed by atoms with E-state index in [1.165, 1.54) is 244 Å². The van der Waals surface area contributed by atoms with E-state index >= 15 is 0 Å². The maximum absolute atomic E-state index is 13.1. The molecule has 9 heteroatoms. The van der Waals surface area contributed by atoms with Gasteiger partial charge in [0.05, 0.1) is 25.4 Å². The molecule has 0 aliphatic carbocycles. The third-order valence-corrected chi connectivity index (χ3v) is 16.4. The molecule has 0 aromatic rings. The summed E-state index contributed by atoms with van der Waals surface area (Å²) in [6.45, 7) is 3.77. The van der Waals surface area contributed by atoms with Crippen molar-refractivity contribution in [3.8, 4) is 0 Å². The van der Waals surface area contributed by atoms with Crippen LogP contribution in [-0.2, 0) is 14.3 Å². The normalized spacial score (nSPS) is 18.8. The second-order valence-corrected chi connectivity index (χ2v) is 23.9. The molecule has 464 valence electrons. The number of nitrogens with one attached hydrogen (secondary N) is 1. The molecule has 0 bridgehead atoms. The fourth-order valence-corrected chi connectivity index (χ4v) is 11.1. The number of amides is 1. The lowest BCUT2D eigenvalue weighted by Gasteiger charge is -2.40. The lowest BCUT2D eigenvalue weighted by molar-refractivity contribution is -0.302. The van der Waals surface area contributed by atoms with Crippen molar-refractivity contribution in [1.29, 1.82) is 0 Å². The monoisotopic (exact) mass is 1110 g/mol. The van der Waals surface area contributed by atoms with Crippen LogP contribution in [-0.4, -0.2) is 87.5 Å². The summed E-state index contributed by atoms with van der Waals surface area (Å²) in [5.74, 6) is -0.137. The number of allylic oxidation sites excluding steroid dienone is 8. The van der Waals surface area contributed by atoms with Crippen LogP contribution in [0.5, 0.6) is 0 Å². The van der Waals surface area contributed by atoms with Gasteiger partial charge >= 0.3 is 0 Å². The molecule has 1 aliphatic rings. The average molecular weight is 1110 g/mol. The van der Waals surface area contributed by atoms with E-state index in [1.807, 2.05) is 0 Å². The number of aliphatic hydroxyl groups is 5. The van der Waals surface area contributed by atoms with Crippen molar-refractivity contribution in [1.82, 2.24) is 5.32 Å². The largest absolute Gasteiger partial charge is 0.394 e. The van der Waals surface area contributed by atoms with Crippen LogP contribution < -0.4 is 5.32 Å². The summed E-state index contributed by atoms with van der Waals surface area (Å²) in [6.07, 6.45) is 73.2. The molecule has 7 unspecified atom stereocenters. The van der Waals surface area contributed by atoms with Gasteiger partial charge in [0.15, 0.2) is 6.29 Å². The average Bonchev–Trinajstić information content (AvgIpc) is 3.46. The summed E-state index contributed by atoms with van der Waals surface area (Å²) in [6, 6.07) is -0.718. The number of rotatable bonds is 60. The molecule has 1 saturated heterocycles. The first-order valence-electron chi connectivity index (χ1n) is 34.3. The van der Waals surface area contributed by atoms with Gasteiger partial charge in [-0.1, -0.05) is 326 Å². The molecular formula is C70H131NO8. The second-order valence-electron chi connectivity index (χ2n) is 23.9. The van der Waals surface area contributed by atoms with Crippen LogP contribution in [0, 0.1) is 0 Å². The van der Waals surface area contributed by atoms with Gasteiger partial charge in [0.2, 0.25) is 5.91 Å². The summed E-state index contributed by atoms with van der Waals surface area (Å²) in [5, 5.41) is 54.9. The fraction of sp³-hybridized carbons (Fsp3) is 0.871. The minimum absolute atomic E-state index is 0.134. The minimum Gasteiger partial charge on any atom is -0.394 e. The van der Waals surface area contributed by atoms with Crippen LogP contribution in [0.3, 0.4) is 0 Å². The van der Waals surface area contributed by atoms with Gasteiger partial charge in [0.1, 0.15) is 24.4 Å². The lowest BCUT2D eigenvalue weighted by atomic mass is 9.99. The van der Waals surface area contributed by atoms with Gasteiger partial charge in [0, 0.05) is 6.42 Å². The molecular weight excluding hydrogens is 983 g/mol. The lowest BCUT2D eigenvalue weighted by Crippen LogP contribution is -2.60. The zero-order chi connectivity index (χ0) is 57.2. The molecule has 79 heavy (non-hydrogen) atoms. The van der Waals surface area contributed by atoms with Crippen molar-refractivity contribution in [2.45, 2.75) is 378 Å². The van der Waals surface area contributed by atoms with E-state index in [0.717, 1.165) is 64.2 Å². The Morgan fingerprint density at radius 2 is 0.785 bits per heavy atom. The zero-order valence-corrected chi connectivity index (χ0v) is 51.9. The van der Waals surface area contributed by atoms with Crippen molar-refractivity contribution >= 4 is 5.91 Å². The first-order valence-corrected chi connectivity index (χ1v) is 34.3. The van der Waals surface area contributed by atoms with Gasteiger partial charge in [-0.15, -0.1) is 0 Å². The molecule has 6 N–H and O–H groups in total. The summed E-state index contributed by atoms with van der Waals surface area (Å²) in [5.41, 5.74) is 0. The molecule has 1 amide bonds. The standard InChI is InChI=1S/C70H131NO8/c1-3-5-7-9-11-13-15-17-19-21-23-24-25-26-27-28-29-30-31-32-33-34-35-36-37-38-39-40-42-44-46-48-50-52-54-56-58-60-66(74)71-63(62-78-70-69(77)68(76)67(75)65(61-72)79-70)64(73)59-57-55-53-51-49-47-45-43-41-22-20-18-16-14-12-10-8-6-4-2/h5,7,11,13,17,19,23-24,63-65,67-70,72-73,75-77H,3-4,6,8-10,12,14-16,18,20-22,25-62H2,1-2H3,(H,71,74)/b7-5-,13-11-,19-17-,24-23-. The van der Waals surface area contributed by atoms with Gasteiger partial charge in [-0.05, 0) is 51.4 Å². The Morgan fingerprint density at radius 3 is 1.16 bits per heavy atom. The van der Waals surface area contributed by atoms with Crippen LogP contribution in [0.2, 0.25) is 0 Å². The van der Waals surface area contributed by atoms with E-state index in [0.29, 0.717) is 12.8 Å². The Labute approximate surface area is 488 Å². The highest BCUT2D eigenvalue weighted by Gasteiger charge is 2.44. The molecule has 1 rings (SSSR count). The first-order chi connectivity index (χ1) is 38.8. The van der Waals surface area contributed by atoms with Crippen molar-refractivity contribution in [2.24, 2.45) is 0 Å². The van der Waals surface area contributed by atoms with Crippen LogP contribution >= 0.6 is 0 Å². The molecule has 0 aromatic heterocycles. The SMILES string of the molecule is CC/C=C\C/C=C\C/C=C\C/C=C\CCCCCCCCCCCCCCCCCCCCCCCCCCC(=O)NC(COC1OC(CO)C(O)C(O)C1O)C(O)CCCCCCCCCCCCCCCCCCCCC. The zero-order valence-electron chi connectivity index (χ0n) is 51.9. The first kappa shape index (κ1) is 75.2. The third-order valence-electron chi connectivity index (χ3n) is 16.4. The van der Waals surface area contributed by atoms with Crippen molar-refractivity contribution < 1.29 is 39.8 Å². The molecule has 9 nitrogen and oxygen atoms in total. The van der Waals surface area contributed by atoms with Crippen LogP contribution in [0.25, 0.3) is 0 Å². The highest BCUT2D eigenvalue weighted by atomic mass is 16.7. The van der Waals surface area contributed by atoms with Gasteiger partial charge in [-0.3, -0.25) is 4.79 Å². The van der Waals surface area contributed by atoms with Crippen molar-refractivity contribution in [3.05, 3.63) is 48.6 Å². The quantitative estimate of drug-likeness (QED) is 0.0261. The van der Waals surface area contributed by atoms with Gasteiger partial charge < -0.3 is 40.3 Å². The number of unbranched alkanes of at least 4 members (excludes halogenated alkanes) is 42. The van der Waals surface area contributed by atoms with E-state index in [4.69, 9.17) is 9.47 Å². The van der Waals surface area contributed by atoms with Gasteiger partial charge in [-0.2, -0.15) is 0 Å². The summed E-state index contributed by atoms with van der Waals surface area (Å²) in [7, 11) is 0. The summed E-state index contributed by atoms with van der Waals surface area (Å²) < 4.78 is 11.4. The van der Waals surface area contributed by atoms with E-state index in [2.05, 4.69) is 67.8 Å². The second kappa shape index (κ2) is 59.3. The van der Waals surface area contributed by atoms with Crippen molar-refractivity contribution in [3.63, 3.8) is 0 Å². The molecule has 0 saturated carbocycles. The minimum atomic E-state index is -1.55. The molecule has 1 aliphatic heterocycles. The number of hydrogen-bond acceptors (Lipinski definition) is 8. The molecule has 1 heterocycles. The van der Waals surface area contributed by atoms with Gasteiger partial charge in [0.25, 0.3) is 0 Å². The van der Waals surface area contributed by atoms with E-state index in [9.17, 15) is 30.3 Å². The topological polar surface area (TPSA) is 149 Å². The molecule has 7 atom stereocenters. The van der Waals surface area contributed by atoms with E-state index in [1.54, 1.807) is 0 Å². The maximum atomic E-state index is 13.1. The number of aliphatic hydroxyl groups excluding tert-OH is 5. The summed E-state index contributed by atoms with van der Waals surface area (Å²) >= 11 is 0. The van der Waals surface area contributed by atoms with E-state index < -0.39 is 49.5 Å². The molecule has 0 aromatic carbocycles. The smallest absolute Gasteiger partial charge is 0.220 e. The Balaban J connectivity index is 2.06. The Kier molecular flexibility index (Phi) is 56.4. The maximum Gasteiger partial charge on any atom is 0.220 e. The fourth-order valence-electron chi connectivity index (χ4n) is 11.1. The molecule has 1 fully saturated rings. The number of hydrogen-bond donors (Lipinski definition) is 6. The molecule has 0 spiro atoms. The van der Waals surface area contributed by atoms with Crippen LogP contribution in [0.4, 0.5) is 0 Å². The van der Waals surface area contributed by atoms with Crippen molar-refractivity contribution in [2.75, 3.05) is 13.2 Å². The third kappa shape index (κ3) is 48.3. The Morgan fingerprint density at radius 1 is 0.443 bits per heavy atom. The van der Waals surface area contributed by atoms with Gasteiger partial charge in [-0.25, -0.2) is 0 Å². The Hall–Kier alpha value is -1.85. The molecule has 0 radical (unpaired) electrons. The number of ether oxygens (including phenoxy) is 2. The highest BCUT2D eigenvalue weighted by molar-refractivity contribution is 5.76. The number of carbonyl (C=O) groups is 1. The predicted molar refractivity (Wildman–Crippen MR) is 336 cm³/mol. The predicted octanol–water partition coefficient (Wildman–Crippen LogP) is 18.4. The van der Waals surface area contributed by atoms with Crippen LogP contribution in [0.15, 0.2) is 48.6 Å². The Bertz CT molecular complexity index is 1380. The number of carbonyl (C=O) groups excluding carboxylic acids is 1. The van der Waals surface area contributed by atoms with E-state index in [-0.39, 0.29) is 12.5 Å².